The van der Waals surface area contributed by atoms with Gasteiger partial charge in [-0.2, -0.15) is 0 Å². The van der Waals surface area contributed by atoms with Crippen molar-refractivity contribution in [3.63, 3.8) is 0 Å². The molecule has 1 aliphatic carbocycles. The summed E-state index contributed by atoms with van der Waals surface area (Å²) in [7, 11) is -1.70. The van der Waals surface area contributed by atoms with Crippen LogP contribution in [-0.2, 0) is 19.6 Å². The van der Waals surface area contributed by atoms with Crippen LogP contribution in [0.15, 0.2) is 0 Å². The molecule has 0 unspecified atom stereocenters. The van der Waals surface area contributed by atoms with Crippen LogP contribution in [0.4, 0.5) is 0 Å². The predicted octanol–water partition coefficient (Wildman–Crippen LogP) is 1.08. The molecule has 0 radical (unpaired) electrons. The van der Waals surface area contributed by atoms with Crippen LogP contribution in [0.1, 0.15) is 38.5 Å². The van der Waals surface area contributed by atoms with Crippen molar-refractivity contribution >= 4 is 15.9 Å². The van der Waals surface area contributed by atoms with Gasteiger partial charge >= 0.3 is 0 Å². The van der Waals surface area contributed by atoms with E-state index in [1.807, 2.05) is 4.90 Å². The summed E-state index contributed by atoms with van der Waals surface area (Å²) in [6.45, 7) is 3.15. The molecule has 1 saturated carbocycles. The highest BCUT2D eigenvalue weighted by Crippen LogP contribution is 2.60. The van der Waals surface area contributed by atoms with E-state index in [0.29, 0.717) is 19.0 Å². The van der Waals surface area contributed by atoms with Crippen LogP contribution < -0.4 is 0 Å². The molecule has 3 aliphatic rings. The smallest absolute Gasteiger partial charge is 0.226 e. The molecule has 2 aliphatic heterocycles. The first-order valence-electron chi connectivity index (χ1n) is 8.74. The second kappa shape index (κ2) is 6.69. The number of piperidine rings is 2. The van der Waals surface area contributed by atoms with Gasteiger partial charge in [-0.3, -0.25) is 4.79 Å². The van der Waals surface area contributed by atoms with Crippen molar-refractivity contribution in [3.8, 4) is 0 Å². The first-order chi connectivity index (χ1) is 11.0. The Hall–Kier alpha value is -0.660. The number of rotatable bonds is 5. The maximum atomic E-state index is 12.6. The number of carbonyl (C=O) groups is 1. The van der Waals surface area contributed by atoms with E-state index in [0.717, 1.165) is 45.2 Å². The lowest BCUT2D eigenvalue weighted by Crippen LogP contribution is -2.43. The average molecular weight is 344 g/mol. The minimum Gasteiger partial charge on any atom is -0.384 e. The Balaban J connectivity index is 1.52. The molecule has 0 aromatic carbocycles. The summed E-state index contributed by atoms with van der Waals surface area (Å²) in [6, 6.07) is 0. The van der Waals surface area contributed by atoms with Gasteiger partial charge in [-0.1, -0.05) is 0 Å². The zero-order valence-corrected chi connectivity index (χ0v) is 14.8. The molecular formula is C16H28N2O4S. The van der Waals surface area contributed by atoms with Crippen LogP contribution in [0.3, 0.4) is 0 Å². The van der Waals surface area contributed by atoms with Crippen LogP contribution in [-0.4, -0.2) is 69.2 Å². The van der Waals surface area contributed by atoms with E-state index in [9.17, 15) is 13.2 Å². The highest BCUT2D eigenvalue weighted by Gasteiger charge is 2.59. The Morgan fingerprint density at radius 3 is 2.39 bits per heavy atom. The lowest BCUT2D eigenvalue weighted by Gasteiger charge is -2.33. The van der Waals surface area contributed by atoms with Crippen LogP contribution in [0.5, 0.6) is 0 Å². The van der Waals surface area contributed by atoms with Crippen molar-refractivity contribution < 1.29 is 17.9 Å². The summed E-state index contributed by atoms with van der Waals surface area (Å²) in [5.41, 5.74) is 0.0851. The summed E-state index contributed by atoms with van der Waals surface area (Å²) < 4.78 is 30.9. The van der Waals surface area contributed by atoms with Gasteiger partial charge in [0.05, 0.1) is 12.4 Å². The molecule has 0 aromatic heterocycles. The fraction of sp³-hybridized carbons (Fsp3) is 0.938. The monoisotopic (exact) mass is 344 g/mol. The number of ether oxygens (including phenoxy) is 1. The number of nitrogens with zero attached hydrogens (tertiary/aromatic N) is 2. The van der Waals surface area contributed by atoms with E-state index in [-0.39, 0.29) is 23.7 Å². The lowest BCUT2D eigenvalue weighted by molar-refractivity contribution is -0.134. The van der Waals surface area contributed by atoms with Crippen molar-refractivity contribution in [2.45, 2.75) is 38.5 Å². The number of hydrogen-bond donors (Lipinski definition) is 0. The molecule has 3 rings (SSSR count). The molecule has 1 amide bonds. The molecule has 3 fully saturated rings. The van der Waals surface area contributed by atoms with E-state index < -0.39 is 10.0 Å². The van der Waals surface area contributed by atoms with Gasteiger partial charge in [-0.15, -0.1) is 0 Å². The van der Waals surface area contributed by atoms with Gasteiger partial charge in [0.25, 0.3) is 0 Å². The van der Waals surface area contributed by atoms with Crippen molar-refractivity contribution in [1.29, 1.82) is 0 Å². The topological polar surface area (TPSA) is 66.9 Å². The summed E-state index contributed by atoms with van der Waals surface area (Å²) in [5, 5.41) is 0. The molecule has 0 N–H and O–H groups in total. The van der Waals surface area contributed by atoms with Gasteiger partial charge in [-0.05, 0) is 43.9 Å². The van der Waals surface area contributed by atoms with Gasteiger partial charge in [-0.25, -0.2) is 12.7 Å². The van der Waals surface area contributed by atoms with E-state index >= 15 is 0 Å². The number of likely N-dealkylation sites (tertiary alicyclic amines) is 1. The van der Waals surface area contributed by atoms with E-state index in [1.54, 1.807) is 4.31 Å². The third kappa shape index (κ3) is 3.56. The van der Waals surface area contributed by atoms with Crippen LogP contribution in [0.2, 0.25) is 0 Å². The number of methoxy groups -OCH3 is 1. The maximum absolute atomic E-state index is 12.6. The average Bonchev–Trinajstić information content (AvgIpc) is 3.27. The zero-order chi connectivity index (χ0) is 16.5. The maximum Gasteiger partial charge on any atom is 0.226 e. The minimum atomic E-state index is -3.21. The Morgan fingerprint density at radius 2 is 1.78 bits per heavy atom. The summed E-state index contributed by atoms with van der Waals surface area (Å²) in [4.78, 5) is 14.7. The molecule has 1 atom stereocenters. The molecule has 6 nitrogen and oxygen atoms in total. The van der Waals surface area contributed by atoms with Crippen molar-refractivity contribution in [2.75, 3.05) is 45.6 Å². The van der Waals surface area contributed by atoms with Crippen molar-refractivity contribution in [3.05, 3.63) is 0 Å². The van der Waals surface area contributed by atoms with E-state index in [2.05, 4.69) is 0 Å². The highest BCUT2D eigenvalue weighted by atomic mass is 32.2. The van der Waals surface area contributed by atoms with E-state index in [4.69, 9.17) is 4.74 Å². The Labute approximate surface area is 139 Å². The Kier molecular flexibility index (Phi) is 4.99. The fourth-order valence-electron chi connectivity index (χ4n) is 4.11. The Morgan fingerprint density at radius 1 is 1.13 bits per heavy atom. The Bertz CT molecular complexity index is 534. The predicted molar refractivity (Wildman–Crippen MR) is 87.4 cm³/mol. The van der Waals surface area contributed by atoms with Gasteiger partial charge < -0.3 is 9.64 Å². The molecule has 0 bridgehead atoms. The molecule has 0 aromatic rings. The van der Waals surface area contributed by atoms with Crippen molar-refractivity contribution in [2.24, 2.45) is 11.3 Å². The van der Waals surface area contributed by atoms with E-state index in [1.165, 1.54) is 13.5 Å². The third-order valence-electron chi connectivity index (χ3n) is 5.81. The summed E-state index contributed by atoms with van der Waals surface area (Å²) in [5.74, 6) is 0.511. The standard InChI is InChI=1S/C16H28N2O4S/c1-22-11-12-23(20,21)18-9-5-16(6-10-18)13-14(16)15(19)17-7-3-2-4-8-17/h14H,2-13H2,1H3/t14-/m1/s1. The third-order valence-corrected chi connectivity index (χ3v) is 7.65. The summed E-state index contributed by atoms with van der Waals surface area (Å²) in [6.07, 6.45) is 6.07. The van der Waals surface area contributed by atoms with Crippen molar-refractivity contribution in [1.82, 2.24) is 9.21 Å². The fourth-order valence-corrected chi connectivity index (χ4v) is 5.49. The highest BCUT2D eigenvalue weighted by molar-refractivity contribution is 7.89. The van der Waals surface area contributed by atoms with Gasteiger partial charge in [0.2, 0.25) is 15.9 Å². The molecular weight excluding hydrogens is 316 g/mol. The second-order valence-electron chi connectivity index (χ2n) is 7.21. The zero-order valence-electron chi connectivity index (χ0n) is 14.0. The lowest BCUT2D eigenvalue weighted by atomic mass is 9.91. The van der Waals surface area contributed by atoms with Gasteiger partial charge in [0.15, 0.2) is 0 Å². The first-order valence-corrected chi connectivity index (χ1v) is 10.3. The molecule has 2 saturated heterocycles. The first kappa shape index (κ1) is 17.2. The number of hydrogen-bond acceptors (Lipinski definition) is 4. The van der Waals surface area contributed by atoms with Crippen LogP contribution in [0, 0.1) is 11.3 Å². The minimum absolute atomic E-state index is 0.0483. The van der Waals surface area contributed by atoms with Crippen LogP contribution in [0.25, 0.3) is 0 Å². The normalized spacial score (nSPS) is 28.0. The molecule has 132 valence electrons. The number of sulfonamides is 1. The second-order valence-corrected chi connectivity index (χ2v) is 9.30. The van der Waals surface area contributed by atoms with Gasteiger partial charge in [0.1, 0.15) is 0 Å². The number of amides is 1. The number of carbonyl (C=O) groups excluding carboxylic acids is 1. The summed E-state index contributed by atoms with van der Waals surface area (Å²) >= 11 is 0. The molecule has 2 heterocycles. The quantitative estimate of drug-likeness (QED) is 0.748. The molecule has 7 heteroatoms. The molecule has 23 heavy (non-hydrogen) atoms. The largest absolute Gasteiger partial charge is 0.384 e. The molecule has 1 spiro atoms. The van der Waals surface area contributed by atoms with Crippen LogP contribution >= 0.6 is 0 Å². The SMILES string of the molecule is COCCS(=O)(=O)N1CCC2(CC1)C[C@@H]2C(=O)N1CCCCC1. The van der Waals surface area contributed by atoms with Gasteiger partial charge in [0, 0.05) is 39.2 Å².